The Morgan fingerprint density at radius 3 is 2.62 bits per heavy atom. The first kappa shape index (κ1) is 24.7. The number of hydrogen-bond acceptors (Lipinski definition) is 10. The average molecular weight is 517 g/mol. The van der Waals surface area contributed by atoms with Crippen LogP contribution in [0.3, 0.4) is 0 Å². The lowest BCUT2D eigenvalue weighted by molar-refractivity contribution is 0.0904. The number of nitrogens with zero attached hydrogens (tertiary/aromatic N) is 3. The molecule has 0 radical (unpaired) electrons. The second-order valence-electron chi connectivity index (χ2n) is 8.62. The van der Waals surface area contributed by atoms with Crippen LogP contribution in [0.15, 0.2) is 61.1 Å². The summed E-state index contributed by atoms with van der Waals surface area (Å²) >= 11 is 1.62. The third-order valence-corrected chi connectivity index (χ3v) is 6.81. The van der Waals surface area contributed by atoms with Crippen LogP contribution in [0.25, 0.3) is 0 Å². The second kappa shape index (κ2) is 11.4. The minimum absolute atomic E-state index is 0.219. The van der Waals surface area contributed by atoms with Gasteiger partial charge in [0.25, 0.3) is 0 Å². The smallest absolute Gasteiger partial charge is 0.141 e. The van der Waals surface area contributed by atoms with Crippen molar-refractivity contribution < 1.29 is 14.2 Å². The third-order valence-electron chi connectivity index (χ3n) is 5.92. The zero-order valence-electron chi connectivity index (χ0n) is 20.4. The van der Waals surface area contributed by atoms with Crippen LogP contribution in [0, 0.1) is 12.3 Å². The van der Waals surface area contributed by atoms with E-state index in [4.69, 9.17) is 25.4 Å². The molecule has 0 saturated carbocycles. The summed E-state index contributed by atoms with van der Waals surface area (Å²) in [6, 6.07) is 15.0. The molecule has 0 aliphatic carbocycles. The summed E-state index contributed by atoms with van der Waals surface area (Å²) in [5, 5.41) is 13.3. The highest BCUT2D eigenvalue weighted by Gasteiger charge is 2.20. The molecular formula is C27H28N6O3S. The first-order valence-electron chi connectivity index (χ1n) is 12.0. The number of thiazole rings is 1. The van der Waals surface area contributed by atoms with Crippen molar-refractivity contribution in [1.29, 1.82) is 5.41 Å². The second-order valence-corrected chi connectivity index (χ2v) is 9.94. The maximum Gasteiger partial charge on any atom is 0.141 e. The molecule has 4 aromatic rings. The molecule has 3 heterocycles. The fourth-order valence-corrected chi connectivity index (χ4v) is 4.72. The number of benzene rings is 2. The highest BCUT2D eigenvalue weighted by atomic mass is 32.1. The Balaban J connectivity index is 1.26. The van der Waals surface area contributed by atoms with Gasteiger partial charge in [-0.25, -0.2) is 15.0 Å². The Kier molecular flexibility index (Phi) is 7.57. The molecule has 1 saturated heterocycles. The van der Waals surface area contributed by atoms with Crippen molar-refractivity contribution >= 4 is 28.7 Å². The van der Waals surface area contributed by atoms with Crippen molar-refractivity contribution in [2.75, 3.05) is 24.3 Å². The largest absolute Gasteiger partial charge is 0.488 e. The highest BCUT2D eigenvalue weighted by molar-refractivity contribution is 7.11. The van der Waals surface area contributed by atoms with Gasteiger partial charge in [0.2, 0.25) is 0 Å². The van der Waals surface area contributed by atoms with Gasteiger partial charge >= 0.3 is 0 Å². The molecule has 0 unspecified atom stereocenters. The van der Waals surface area contributed by atoms with E-state index in [0.717, 1.165) is 22.7 Å². The number of ether oxygens (including phenoxy) is 3. The normalized spacial score (nSPS) is 13.8. The van der Waals surface area contributed by atoms with E-state index in [0.29, 0.717) is 54.0 Å². The van der Waals surface area contributed by atoms with Crippen LogP contribution < -0.4 is 20.5 Å². The van der Waals surface area contributed by atoms with Gasteiger partial charge in [0.15, 0.2) is 0 Å². The van der Waals surface area contributed by atoms with E-state index in [1.54, 1.807) is 11.3 Å². The molecule has 1 aliphatic heterocycles. The van der Waals surface area contributed by atoms with E-state index in [-0.39, 0.29) is 17.6 Å². The Bertz CT molecular complexity index is 1370. The maximum absolute atomic E-state index is 8.82. The van der Waals surface area contributed by atoms with Crippen LogP contribution in [-0.4, -0.2) is 39.9 Å². The van der Waals surface area contributed by atoms with Crippen LogP contribution in [-0.2, 0) is 11.3 Å². The number of nitrogen functional groups attached to an aromatic ring is 1. The van der Waals surface area contributed by atoms with Gasteiger partial charge in [-0.05, 0) is 56.2 Å². The number of aryl methyl sites for hydroxylation is 1. The Hall–Kier alpha value is -4.02. The van der Waals surface area contributed by atoms with Crippen molar-refractivity contribution in [3.8, 4) is 17.2 Å². The summed E-state index contributed by atoms with van der Waals surface area (Å²) in [5.74, 6) is 2.84. The quantitative estimate of drug-likeness (QED) is 0.259. The third kappa shape index (κ3) is 6.22. The SMILES string of the molecule is Cc1ncc(COc2cccc(Oc3ccc(C(=N)c4c(N)ncnc4NC4CCOCC4)cc3)c2)s1. The monoisotopic (exact) mass is 516 g/mol. The van der Waals surface area contributed by atoms with E-state index < -0.39 is 0 Å². The fraction of sp³-hybridized carbons (Fsp3) is 0.259. The van der Waals surface area contributed by atoms with E-state index >= 15 is 0 Å². The van der Waals surface area contributed by atoms with Crippen molar-refractivity contribution in [2.24, 2.45) is 0 Å². The molecule has 5 rings (SSSR count). The number of aromatic nitrogens is 3. The Morgan fingerprint density at radius 1 is 1.08 bits per heavy atom. The summed E-state index contributed by atoms with van der Waals surface area (Å²) < 4.78 is 17.4. The molecule has 2 aromatic heterocycles. The predicted octanol–water partition coefficient (Wildman–Crippen LogP) is 5.20. The van der Waals surface area contributed by atoms with Crippen molar-refractivity contribution in [3.05, 3.63) is 82.1 Å². The number of nitrogens with two attached hydrogens (primary N) is 1. The van der Waals surface area contributed by atoms with E-state index in [1.807, 2.05) is 61.7 Å². The minimum atomic E-state index is 0.219. The van der Waals surface area contributed by atoms with Gasteiger partial charge in [0, 0.05) is 37.1 Å². The lowest BCUT2D eigenvalue weighted by Gasteiger charge is -2.25. The van der Waals surface area contributed by atoms with Gasteiger partial charge in [0.05, 0.1) is 21.2 Å². The standard InChI is InChI=1S/C27H28N6O3S/c1-17-30-14-23(37-17)15-35-21-3-2-4-22(13-21)36-20-7-5-18(6-8-20)25(28)24-26(29)31-16-32-27(24)33-19-9-11-34-12-10-19/h2-8,13-14,16,19,28H,9-12,15H2,1H3,(H3,29,31,32,33). The Labute approximate surface area is 219 Å². The topological polar surface area (TPSA) is 128 Å². The summed E-state index contributed by atoms with van der Waals surface area (Å²) in [6.45, 7) is 3.84. The van der Waals surface area contributed by atoms with Crippen LogP contribution in [0.4, 0.5) is 11.6 Å². The highest BCUT2D eigenvalue weighted by Crippen LogP contribution is 2.28. The van der Waals surface area contributed by atoms with Gasteiger partial charge in [-0.3, -0.25) is 5.41 Å². The fourth-order valence-electron chi connectivity index (χ4n) is 4.01. The molecule has 0 spiro atoms. The van der Waals surface area contributed by atoms with Gasteiger partial charge in [-0.1, -0.05) is 6.07 Å². The minimum Gasteiger partial charge on any atom is -0.488 e. The van der Waals surface area contributed by atoms with Crippen molar-refractivity contribution in [3.63, 3.8) is 0 Å². The molecule has 10 heteroatoms. The van der Waals surface area contributed by atoms with Gasteiger partial charge < -0.3 is 25.3 Å². The first-order valence-corrected chi connectivity index (χ1v) is 12.8. The first-order chi connectivity index (χ1) is 18.0. The van der Waals surface area contributed by atoms with Gasteiger partial charge in [-0.15, -0.1) is 11.3 Å². The van der Waals surface area contributed by atoms with E-state index in [9.17, 15) is 0 Å². The molecule has 0 atom stereocenters. The predicted molar refractivity (Wildman–Crippen MR) is 144 cm³/mol. The molecular weight excluding hydrogens is 488 g/mol. The molecule has 1 fully saturated rings. The number of nitrogens with one attached hydrogen (secondary N) is 2. The zero-order chi connectivity index (χ0) is 25.6. The summed E-state index contributed by atoms with van der Waals surface area (Å²) in [5.41, 5.74) is 7.59. The van der Waals surface area contributed by atoms with Crippen molar-refractivity contribution in [1.82, 2.24) is 15.0 Å². The molecule has 0 amide bonds. The lowest BCUT2D eigenvalue weighted by atomic mass is 10.0. The maximum atomic E-state index is 8.82. The zero-order valence-corrected chi connectivity index (χ0v) is 21.3. The molecule has 2 aromatic carbocycles. The van der Waals surface area contributed by atoms with Crippen LogP contribution in [0.5, 0.6) is 17.2 Å². The van der Waals surface area contributed by atoms with E-state index in [1.165, 1.54) is 6.33 Å². The molecule has 37 heavy (non-hydrogen) atoms. The number of anilines is 2. The number of hydrogen-bond donors (Lipinski definition) is 3. The summed E-state index contributed by atoms with van der Waals surface area (Å²) in [6.07, 6.45) is 5.00. The number of rotatable bonds is 9. The van der Waals surface area contributed by atoms with Gasteiger partial charge in [0.1, 0.15) is 41.8 Å². The van der Waals surface area contributed by atoms with Crippen LogP contribution in [0.2, 0.25) is 0 Å². The van der Waals surface area contributed by atoms with Gasteiger partial charge in [-0.2, -0.15) is 0 Å². The molecule has 190 valence electrons. The van der Waals surface area contributed by atoms with Crippen LogP contribution in [0.1, 0.15) is 33.9 Å². The molecule has 1 aliphatic rings. The molecule has 0 bridgehead atoms. The van der Waals surface area contributed by atoms with Crippen LogP contribution >= 0.6 is 11.3 Å². The summed E-state index contributed by atoms with van der Waals surface area (Å²) in [4.78, 5) is 13.8. The molecule has 4 N–H and O–H groups in total. The molecule has 9 nitrogen and oxygen atoms in total. The Morgan fingerprint density at radius 2 is 1.86 bits per heavy atom. The lowest BCUT2D eigenvalue weighted by Crippen LogP contribution is -2.29. The summed E-state index contributed by atoms with van der Waals surface area (Å²) in [7, 11) is 0. The van der Waals surface area contributed by atoms with Crippen molar-refractivity contribution in [2.45, 2.75) is 32.4 Å². The average Bonchev–Trinajstić information content (AvgIpc) is 3.33. The van der Waals surface area contributed by atoms with E-state index in [2.05, 4.69) is 20.3 Å².